The van der Waals surface area contributed by atoms with E-state index >= 15 is 0 Å². The summed E-state index contributed by atoms with van der Waals surface area (Å²) >= 11 is 0. The van der Waals surface area contributed by atoms with Gasteiger partial charge < -0.3 is 20.3 Å². The van der Waals surface area contributed by atoms with Crippen LogP contribution in [-0.4, -0.2) is 23.1 Å². The number of benzene rings is 2. The minimum atomic E-state index is -0.591. The maximum Gasteiger partial charge on any atom is 0.249 e. The van der Waals surface area contributed by atoms with Gasteiger partial charge in [-0.1, -0.05) is 18.2 Å². The molecule has 2 aromatic carbocycles. The number of aromatic hydroxyl groups is 1. The number of aromatic nitrogens is 1. The standard InChI is InChI=1S/C21H18N2O4/c1-26-20-6-5-14(12-19(20)24)11-18(21(22)25)15-3-2-4-17(13-15)27-16-7-9-23-10-8-16/h2-13,24H,1H3,(H2,22,25). The molecular formula is C21H18N2O4. The maximum atomic E-state index is 12.0. The molecular weight excluding hydrogens is 344 g/mol. The molecule has 0 unspecified atom stereocenters. The van der Waals surface area contributed by atoms with Gasteiger partial charge >= 0.3 is 0 Å². The smallest absolute Gasteiger partial charge is 0.249 e. The third kappa shape index (κ3) is 4.43. The molecule has 3 aromatic rings. The summed E-state index contributed by atoms with van der Waals surface area (Å²) in [6.07, 6.45) is 4.86. The number of primary amides is 1. The number of rotatable bonds is 6. The Bertz CT molecular complexity index is 984. The highest BCUT2D eigenvalue weighted by Crippen LogP contribution is 2.29. The average molecular weight is 362 g/mol. The maximum absolute atomic E-state index is 12.0. The van der Waals surface area contributed by atoms with Crippen LogP contribution in [0.25, 0.3) is 11.6 Å². The Morgan fingerprint density at radius 1 is 1.07 bits per heavy atom. The summed E-state index contributed by atoms with van der Waals surface area (Å²) < 4.78 is 10.8. The molecule has 0 saturated carbocycles. The molecule has 1 heterocycles. The fourth-order valence-corrected chi connectivity index (χ4v) is 2.53. The zero-order valence-electron chi connectivity index (χ0n) is 14.6. The van der Waals surface area contributed by atoms with Crippen LogP contribution in [0, 0.1) is 0 Å². The number of ether oxygens (including phenoxy) is 2. The lowest BCUT2D eigenvalue weighted by molar-refractivity contribution is -0.112. The minimum Gasteiger partial charge on any atom is -0.504 e. The van der Waals surface area contributed by atoms with Crippen molar-refractivity contribution in [2.75, 3.05) is 7.11 Å². The van der Waals surface area contributed by atoms with Crippen LogP contribution in [0.2, 0.25) is 0 Å². The molecule has 1 amide bonds. The topological polar surface area (TPSA) is 94.7 Å². The van der Waals surface area contributed by atoms with Crippen molar-refractivity contribution >= 4 is 17.6 Å². The molecule has 0 radical (unpaired) electrons. The summed E-state index contributed by atoms with van der Waals surface area (Å²) in [6.45, 7) is 0. The predicted molar refractivity (Wildman–Crippen MR) is 102 cm³/mol. The molecule has 0 saturated heterocycles. The average Bonchev–Trinajstić information content (AvgIpc) is 2.67. The normalized spacial score (nSPS) is 11.1. The highest BCUT2D eigenvalue weighted by Gasteiger charge is 2.11. The van der Waals surface area contributed by atoms with Crippen LogP contribution in [0.5, 0.6) is 23.0 Å². The first-order valence-electron chi connectivity index (χ1n) is 8.13. The highest BCUT2D eigenvalue weighted by atomic mass is 16.5. The van der Waals surface area contributed by atoms with Crippen molar-refractivity contribution in [2.45, 2.75) is 0 Å². The Balaban J connectivity index is 1.94. The van der Waals surface area contributed by atoms with Gasteiger partial charge in [0.05, 0.1) is 7.11 Å². The van der Waals surface area contributed by atoms with Crippen LogP contribution in [0.15, 0.2) is 67.0 Å². The van der Waals surface area contributed by atoms with Gasteiger partial charge in [-0.3, -0.25) is 9.78 Å². The first-order valence-corrected chi connectivity index (χ1v) is 8.13. The van der Waals surface area contributed by atoms with Gasteiger partial charge in [0.15, 0.2) is 11.5 Å². The highest BCUT2D eigenvalue weighted by molar-refractivity contribution is 6.23. The molecule has 27 heavy (non-hydrogen) atoms. The van der Waals surface area contributed by atoms with Crippen LogP contribution in [-0.2, 0) is 4.79 Å². The second kappa shape index (κ2) is 8.05. The molecule has 0 aliphatic rings. The molecule has 0 fully saturated rings. The predicted octanol–water partition coefficient (Wildman–Crippen LogP) is 3.61. The van der Waals surface area contributed by atoms with Crippen LogP contribution >= 0.6 is 0 Å². The molecule has 0 spiro atoms. The fourth-order valence-electron chi connectivity index (χ4n) is 2.53. The largest absolute Gasteiger partial charge is 0.504 e. The van der Waals surface area contributed by atoms with Crippen LogP contribution < -0.4 is 15.2 Å². The van der Waals surface area contributed by atoms with Crippen LogP contribution in [0.3, 0.4) is 0 Å². The van der Waals surface area contributed by atoms with Crippen molar-refractivity contribution in [3.63, 3.8) is 0 Å². The number of amides is 1. The van der Waals surface area contributed by atoms with E-state index in [0.717, 1.165) is 0 Å². The summed E-state index contributed by atoms with van der Waals surface area (Å²) in [6, 6.07) is 15.3. The van der Waals surface area contributed by atoms with E-state index in [1.165, 1.54) is 13.2 Å². The first kappa shape index (κ1) is 18.0. The van der Waals surface area contributed by atoms with Crippen LogP contribution in [0.4, 0.5) is 0 Å². The molecule has 1 aromatic heterocycles. The quantitative estimate of drug-likeness (QED) is 0.516. The zero-order chi connectivity index (χ0) is 19.2. The second-order valence-corrected chi connectivity index (χ2v) is 5.67. The number of nitrogens with zero attached hydrogens (tertiary/aromatic N) is 1. The molecule has 0 aliphatic carbocycles. The molecule has 0 atom stereocenters. The Hall–Kier alpha value is -3.80. The molecule has 6 nitrogen and oxygen atoms in total. The van der Waals surface area contributed by atoms with Gasteiger partial charge in [0.25, 0.3) is 0 Å². The van der Waals surface area contributed by atoms with E-state index in [2.05, 4.69) is 4.98 Å². The lowest BCUT2D eigenvalue weighted by Crippen LogP contribution is -2.12. The molecule has 136 valence electrons. The third-order valence-electron chi connectivity index (χ3n) is 3.81. The van der Waals surface area contributed by atoms with Gasteiger partial charge in [-0.15, -0.1) is 0 Å². The number of nitrogens with two attached hydrogens (primary N) is 1. The monoisotopic (exact) mass is 362 g/mol. The Morgan fingerprint density at radius 2 is 1.85 bits per heavy atom. The SMILES string of the molecule is COc1ccc(C=C(C(N)=O)c2cccc(Oc3ccncc3)c2)cc1O. The van der Waals surface area contributed by atoms with Gasteiger partial charge in [0.2, 0.25) is 5.91 Å². The van der Waals surface area contributed by atoms with E-state index in [9.17, 15) is 9.90 Å². The van der Waals surface area contributed by atoms with E-state index in [0.29, 0.717) is 33.9 Å². The molecule has 6 heteroatoms. The summed E-state index contributed by atoms with van der Waals surface area (Å²) in [5.41, 5.74) is 7.08. The van der Waals surface area contributed by atoms with Crippen LogP contribution in [0.1, 0.15) is 11.1 Å². The Labute approximate surface area is 156 Å². The summed E-state index contributed by atoms with van der Waals surface area (Å²) in [5, 5.41) is 9.93. The number of hydrogen-bond donors (Lipinski definition) is 2. The van der Waals surface area contributed by atoms with Gasteiger partial charge in [0, 0.05) is 18.0 Å². The van der Waals surface area contributed by atoms with E-state index < -0.39 is 5.91 Å². The van der Waals surface area contributed by atoms with Crippen molar-refractivity contribution in [2.24, 2.45) is 5.73 Å². The minimum absolute atomic E-state index is 0.0233. The number of hydrogen-bond acceptors (Lipinski definition) is 5. The number of phenolic OH excluding ortho intramolecular Hbond substituents is 1. The lowest BCUT2D eigenvalue weighted by Gasteiger charge is -2.09. The third-order valence-corrected chi connectivity index (χ3v) is 3.81. The van der Waals surface area contributed by atoms with Gasteiger partial charge in [-0.05, 0) is 53.6 Å². The first-order chi connectivity index (χ1) is 13.1. The number of methoxy groups -OCH3 is 1. The van der Waals surface area contributed by atoms with E-state index in [-0.39, 0.29) is 5.75 Å². The number of carbonyl (C=O) groups excluding carboxylic acids is 1. The second-order valence-electron chi connectivity index (χ2n) is 5.67. The van der Waals surface area contributed by atoms with Crippen molar-refractivity contribution in [1.82, 2.24) is 4.98 Å². The Kier molecular flexibility index (Phi) is 5.37. The number of pyridine rings is 1. The van der Waals surface area contributed by atoms with E-state index in [4.69, 9.17) is 15.2 Å². The summed E-state index contributed by atoms with van der Waals surface area (Å²) in [4.78, 5) is 15.9. The molecule has 3 rings (SSSR count). The zero-order valence-corrected chi connectivity index (χ0v) is 14.6. The van der Waals surface area contributed by atoms with Crippen molar-refractivity contribution in [3.8, 4) is 23.0 Å². The lowest BCUT2D eigenvalue weighted by atomic mass is 10.0. The van der Waals surface area contributed by atoms with E-state index in [1.54, 1.807) is 67.0 Å². The number of phenols is 1. The summed E-state index contributed by atoms with van der Waals surface area (Å²) in [5.74, 6) is 0.923. The molecule has 0 bridgehead atoms. The van der Waals surface area contributed by atoms with Gasteiger partial charge in [-0.25, -0.2) is 0 Å². The summed E-state index contributed by atoms with van der Waals surface area (Å²) in [7, 11) is 1.47. The van der Waals surface area contributed by atoms with Gasteiger partial charge in [0.1, 0.15) is 11.5 Å². The molecule has 3 N–H and O–H groups in total. The van der Waals surface area contributed by atoms with E-state index in [1.807, 2.05) is 0 Å². The van der Waals surface area contributed by atoms with Gasteiger partial charge in [-0.2, -0.15) is 0 Å². The van der Waals surface area contributed by atoms with Crippen molar-refractivity contribution in [3.05, 3.63) is 78.1 Å². The van der Waals surface area contributed by atoms with Crippen molar-refractivity contribution in [1.29, 1.82) is 0 Å². The van der Waals surface area contributed by atoms with Crippen molar-refractivity contribution < 1.29 is 19.4 Å². The Morgan fingerprint density at radius 3 is 2.52 bits per heavy atom. The molecule has 0 aliphatic heterocycles. The fraction of sp³-hybridized carbons (Fsp3) is 0.0476. The number of carbonyl (C=O) groups is 1.